The van der Waals surface area contributed by atoms with E-state index in [1.165, 1.54) is 6.07 Å². The molecule has 0 saturated carbocycles. The standard InChI is InChI=1S/C37H34Br2IN3O9/c1-20(50-18-21-8-4-2-5-9-21)31-35(46)41-29(36(47)48)16-23-12-25(38)33(26(39)13-23)52-30-17-24(14-27(40)32(30)44)15-28(34(45)43-31)42-37(49)51-19-22-10-6-3-7-11-22/h2-14,17,20,28-29,31,44H,15-16,18-19H2,1H3,(H,41,46)(H,42,49)(H,43,45)(H,47,48)/t20-,28+,29+,31+/m1/s1. The van der Waals surface area contributed by atoms with Crippen molar-refractivity contribution in [1.29, 1.82) is 0 Å². The van der Waals surface area contributed by atoms with Crippen LogP contribution in [0.2, 0.25) is 0 Å². The van der Waals surface area contributed by atoms with Gasteiger partial charge in [-0.1, -0.05) is 60.7 Å². The number of carboxylic acid groups (broad SMARTS) is 1. The molecule has 0 aliphatic carbocycles. The molecule has 0 saturated heterocycles. The summed E-state index contributed by atoms with van der Waals surface area (Å²) in [5.74, 6) is -2.70. The molecular formula is C37H34Br2IN3O9. The van der Waals surface area contributed by atoms with Crippen LogP contribution < -0.4 is 20.7 Å². The summed E-state index contributed by atoms with van der Waals surface area (Å²) >= 11 is 8.90. The highest BCUT2D eigenvalue weighted by molar-refractivity contribution is 14.1. The van der Waals surface area contributed by atoms with Gasteiger partial charge in [0.05, 0.1) is 25.2 Å². The van der Waals surface area contributed by atoms with Gasteiger partial charge in [0.25, 0.3) is 0 Å². The quantitative estimate of drug-likeness (QED) is 0.126. The van der Waals surface area contributed by atoms with E-state index in [2.05, 4.69) is 47.8 Å². The first-order valence-corrected chi connectivity index (χ1v) is 18.7. The van der Waals surface area contributed by atoms with Crippen LogP contribution >= 0.6 is 54.5 Å². The number of aliphatic carboxylic acids is 1. The number of ether oxygens (including phenoxy) is 3. The van der Waals surface area contributed by atoms with Crippen LogP contribution in [0.4, 0.5) is 4.79 Å². The molecule has 4 atom stereocenters. The van der Waals surface area contributed by atoms with Crippen LogP contribution in [0.15, 0.2) is 93.9 Å². The fraction of sp³-hybridized carbons (Fsp3) is 0.243. The number of alkyl carbamates (subject to hydrolysis) is 1. The third-order valence-electron chi connectivity index (χ3n) is 8.08. The highest BCUT2D eigenvalue weighted by Gasteiger charge is 2.34. The summed E-state index contributed by atoms with van der Waals surface area (Å²) in [6.45, 7) is 1.62. The summed E-state index contributed by atoms with van der Waals surface area (Å²) in [6, 6.07) is 20.6. The van der Waals surface area contributed by atoms with Crippen molar-refractivity contribution in [3.63, 3.8) is 0 Å². The number of hydrogen-bond acceptors (Lipinski definition) is 8. The highest BCUT2D eigenvalue weighted by Crippen LogP contribution is 2.42. The van der Waals surface area contributed by atoms with Crippen molar-refractivity contribution >= 4 is 78.3 Å². The maximum absolute atomic E-state index is 14.1. The van der Waals surface area contributed by atoms with Crippen molar-refractivity contribution in [3.8, 4) is 17.2 Å². The number of carbonyl (C=O) groups excluding carboxylic acids is 3. The molecular weight excluding hydrogens is 917 g/mol. The summed E-state index contributed by atoms with van der Waals surface area (Å²) < 4.78 is 18.9. The fourth-order valence-corrected chi connectivity index (χ4v) is 7.47. The van der Waals surface area contributed by atoms with E-state index in [0.29, 0.717) is 23.6 Å². The molecule has 52 heavy (non-hydrogen) atoms. The lowest BCUT2D eigenvalue weighted by molar-refractivity contribution is -0.143. The van der Waals surface area contributed by atoms with E-state index < -0.39 is 48.1 Å². The Morgan fingerprint density at radius 1 is 0.904 bits per heavy atom. The molecule has 2 aliphatic heterocycles. The third-order valence-corrected chi connectivity index (χ3v) is 10.1. The van der Waals surface area contributed by atoms with Crippen LogP contribution in [-0.2, 0) is 49.9 Å². The Balaban J connectivity index is 1.53. The van der Waals surface area contributed by atoms with Crippen LogP contribution in [0.5, 0.6) is 17.2 Å². The smallest absolute Gasteiger partial charge is 0.408 e. The van der Waals surface area contributed by atoms with Gasteiger partial charge in [0.1, 0.15) is 24.7 Å². The molecule has 0 fully saturated rings. The van der Waals surface area contributed by atoms with Gasteiger partial charge < -0.3 is 40.4 Å². The van der Waals surface area contributed by atoms with Crippen molar-refractivity contribution < 1.29 is 43.6 Å². The number of aromatic hydroxyl groups is 1. The summed E-state index contributed by atoms with van der Waals surface area (Å²) in [5, 5.41) is 29.0. The number of phenols is 1. The molecule has 4 bridgehead atoms. The van der Waals surface area contributed by atoms with Gasteiger partial charge in [-0.2, -0.15) is 0 Å². The van der Waals surface area contributed by atoms with Gasteiger partial charge in [0.2, 0.25) is 11.8 Å². The first-order valence-electron chi connectivity index (χ1n) is 16.0. The van der Waals surface area contributed by atoms with Crippen molar-refractivity contribution in [2.24, 2.45) is 0 Å². The Kier molecular flexibility index (Phi) is 13.5. The van der Waals surface area contributed by atoms with Gasteiger partial charge >= 0.3 is 12.1 Å². The van der Waals surface area contributed by atoms with Crippen molar-refractivity contribution in [3.05, 3.63) is 120 Å². The number of carboxylic acids is 1. The Hall–Kier alpha value is -4.19. The topological polar surface area (TPSA) is 173 Å². The fourth-order valence-electron chi connectivity index (χ4n) is 5.36. The minimum atomic E-state index is -1.41. The third kappa shape index (κ3) is 10.5. The summed E-state index contributed by atoms with van der Waals surface area (Å²) in [6.07, 6.45) is -2.10. The summed E-state index contributed by atoms with van der Waals surface area (Å²) in [7, 11) is 0. The van der Waals surface area contributed by atoms with Gasteiger partial charge in [-0.25, -0.2) is 9.59 Å². The molecule has 0 spiro atoms. The van der Waals surface area contributed by atoms with E-state index >= 15 is 0 Å². The zero-order valence-corrected chi connectivity index (χ0v) is 32.9. The zero-order valence-electron chi connectivity index (χ0n) is 27.6. The second-order valence-electron chi connectivity index (χ2n) is 12.0. The predicted molar refractivity (Wildman–Crippen MR) is 206 cm³/mol. The highest BCUT2D eigenvalue weighted by atomic mass is 127. The van der Waals surface area contributed by atoms with Gasteiger partial charge in [0.15, 0.2) is 17.2 Å². The average Bonchev–Trinajstić information content (AvgIpc) is 3.12. The molecule has 0 unspecified atom stereocenters. The molecule has 3 amide bonds. The van der Waals surface area contributed by atoms with E-state index in [9.17, 15) is 29.4 Å². The first kappa shape index (κ1) is 39.0. The lowest BCUT2D eigenvalue weighted by Gasteiger charge is -2.28. The van der Waals surface area contributed by atoms with Crippen LogP contribution in [0.25, 0.3) is 0 Å². The van der Waals surface area contributed by atoms with Crippen molar-refractivity contribution in [1.82, 2.24) is 16.0 Å². The van der Waals surface area contributed by atoms with Gasteiger partial charge in [0, 0.05) is 12.8 Å². The van der Waals surface area contributed by atoms with Crippen molar-refractivity contribution in [2.45, 2.75) is 57.2 Å². The van der Waals surface area contributed by atoms with Crippen LogP contribution in [0, 0.1) is 3.57 Å². The predicted octanol–water partition coefficient (Wildman–Crippen LogP) is 6.37. The minimum Gasteiger partial charge on any atom is -0.504 e. The monoisotopic (exact) mass is 949 g/mol. The minimum absolute atomic E-state index is 0.0623. The van der Waals surface area contributed by atoms with E-state index in [1.54, 1.807) is 49.4 Å². The molecule has 2 aliphatic rings. The lowest BCUT2D eigenvalue weighted by Crippen LogP contribution is -2.60. The van der Waals surface area contributed by atoms with E-state index in [0.717, 1.165) is 11.1 Å². The SMILES string of the molecule is C[C@@H](OCc1ccccc1)[C@@H]1NC(=O)[C@@H](NC(=O)OCc2ccccc2)Cc2cc(I)c(O)c(c2)Oc2c(Br)cc(cc2Br)C[C@@H](C(=O)O)NC1=O. The largest absolute Gasteiger partial charge is 0.504 e. The number of halogens is 3. The molecule has 4 aromatic rings. The van der Waals surface area contributed by atoms with Crippen molar-refractivity contribution in [2.75, 3.05) is 0 Å². The zero-order chi connectivity index (χ0) is 37.4. The average molecular weight is 951 g/mol. The van der Waals surface area contributed by atoms with E-state index in [4.69, 9.17) is 14.2 Å². The molecule has 6 rings (SSSR count). The van der Waals surface area contributed by atoms with Gasteiger partial charge in [-0.15, -0.1) is 0 Å². The molecule has 2 heterocycles. The normalized spacial score (nSPS) is 18.3. The van der Waals surface area contributed by atoms with Crippen LogP contribution in [-0.4, -0.2) is 58.3 Å². The Morgan fingerprint density at radius 2 is 1.50 bits per heavy atom. The lowest BCUT2D eigenvalue weighted by atomic mass is 10.0. The van der Waals surface area contributed by atoms with Crippen LogP contribution in [0.3, 0.4) is 0 Å². The number of nitrogens with one attached hydrogen (secondary N) is 3. The Bertz CT molecular complexity index is 1910. The summed E-state index contributed by atoms with van der Waals surface area (Å²) in [5.41, 5.74) is 2.57. The number of benzene rings is 4. The van der Waals surface area contributed by atoms with E-state index in [1.807, 2.05) is 59.0 Å². The number of phenolic OH excluding ortho intramolecular Hbond substituents is 1. The molecule has 0 aromatic heterocycles. The molecule has 15 heteroatoms. The number of carbonyl (C=O) groups is 4. The Labute approximate surface area is 330 Å². The van der Waals surface area contributed by atoms with Gasteiger partial charge in [-0.05, 0) is 108 Å². The maximum atomic E-state index is 14.1. The number of rotatable bonds is 8. The second kappa shape index (κ2) is 18.0. The molecule has 0 radical (unpaired) electrons. The molecule has 12 nitrogen and oxygen atoms in total. The second-order valence-corrected chi connectivity index (χ2v) is 14.8. The molecule has 4 aromatic carbocycles. The number of hydrogen-bond donors (Lipinski definition) is 5. The number of fused-ring (bicyclic) bond motifs is 10. The number of amides is 3. The maximum Gasteiger partial charge on any atom is 0.408 e. The Morgan fingerprint density at radius 3 is 2.12 bits per heavy atom. The van der Waals surface area contributed by atoms with E-state index in [-0.39, 0.29) is 43.3 Å². The van der Waals surface area contributed by atoms with Gasteiger partial charge in [-0.3, -0.25) is 9.59 Å². The first-order chi connectivity index (χ1) is 24.9. The molecule has 5 N–H and O–H groups in total. The summed E-state index contributed by atoms with van der Waals surface area (Å²) in [4.78, 5) is 53.6. The van der Waals surface area contributed by atoms with Crippen LogP contribution in [0.1, 0.15) is 29.2 Å². The molecule has 272 valence electrons.